The summed E-state index contributed by atoms with van der Waals surface area (Å²) >= 11 is 0. The van der Waals surface area contributed by atoms with E-state index in [0.29, 0.717) is 12.3 Å². The number of amides is 1. The van der Waals surface area contributed by atoms with E-state index >= 15 is 0 Å². The fourth-order valence-electron chi connectivity index (χ4n) is 2.10. The summed E-state index contributed by atoms with van der Waals surface area (Å²) in [6.07, 6.45) is 2.84. The SMILES string of the molecule is CC(C)c1ccc(/C=N\NC(=O)CCc2ccccc2)cc1. The van der Waals surface area contributed by atoms with E-state index < -0.39 is 0 Å². The smallest absolute Gasteiger partial charge is 0.240 e. The van der Waals surface area contributed by atoms with Gasteiger partial charge in [0.2, 0.25) is 5.91 Å². The van der Waals surface area contributed by atoms with Crippen molar-refractivity contribution >= 4 is 12.1 Å². The highest BCUT2D eigenvalue weighted by atomic mass is 16.2. The van der Waals surface area contributed by atoms with Crippen LogP contribution in [0.2, 0.25) is 0 Å². The molecule has 0 radical (unpaired) electrons. The Balaban J connectivity index is 1.78. The molecule has 0 aliphatic heterocycles. The molecule has 0 aliphatic rings. The maximum absolute atomic E-state index is 11.7. The molecule has 1 N–H and O–H groups in total. The number of hydrogen-bond acceptors (Lipinski definition) is 2. The fourth-order valence-corrected chi connectivity index (χ4v) is 2.10. The van der Waals surface area contributed by atoms with Gasteiger partial charge in [-0.1, -0.05) is 68.4 Å². The quantitative estimate of drug-likeness (QED) is 0.637. The number of hydrazone groups is 1. The first-order valence-corrected chi connectivity index (χ1v) is 7.61. The predicted molar refractivity (Wildman–Crippen MR) is 91.0 cm³/mol. The highest BCUT2D eigenvalue weighted by molar-refractivity contribution is 5.82. The Kier molecular flexibility index (Phi) is 5.90. The molecule has 0 saturated heterocycles. The van der Waals surface area contributed by atoms with Gasteiger partial charge in [-0.2, -0.15) is 5.10 Å². The lowest BCUT2D eigenvalue weighted by atomic mass is 10.0. The zero-order valence-corrected chi connectivity index (χ0v) is 13.1. The molecule has 0 aliphatic carbocycles. The zero-order chi connectivity index (χ0) is 15.8. The van der Waals surface area contributed by atoms with E-state index in [1.54, 1.807) is 6.21 Å². The van der Waals surface area contributed by atoms with Crippen molar-refractivity contribution in [1.29, 1.82) is 0 Å². The molecule has 0 fully saturated rings. The van der Waals surface area contributed by atoms with Crippen LogP contribution in [0.15, 0.2) is 59.7 Å². The maximum atomic E-state index is 11.7. The largest absolute Gasteiger partial charge is 0.273 e. The number of hydrogen-bond donors (Lipinski definition) is 1. The van der Waals surface area contributed by atoms with Crippen LogP contribution in [0.4, 0.5) is 0 Å². The van der Waals surface area contributed by atoms with Crippen molar-refractivity contribution in [2.75, 3.05) is 0 Å². The van der Waals surface area contributed by atoms with Gasteiger partial charge in [0.15, 0.2) is 0 Å². The van der Waals surface area contributed by atoms with Gasteiger partial charge in [0.05, 0.1) is 6.21 Å². The number of rotatable bonds is 6. The molecule has 0 unspecified atom stereocenters. The average molecular weight is 294 g/mol. The minimum absolute atomic E-state index is 0.0705. The van der Waals surface area contributed by atoms with Gasteiger partial charge in [-0.3, -0.25) is 4.79 Å². The summed E-state index contributed by atoms with van der Waals surface area (Å²) in [5, 5.41) is 4.00. The van der Waals surface area contributed by atoms with Crippen molar-refractivity contribution in [3.05, 3.63) is 71.3 Å². The Morgan fingerprint density at radius 3 is 2.41 bits per heavy atom. The van der Waals surface area contributed by atoms with Crippen LogP contribution < -0.4 is 5.43 Å². The molecule has 0 heterocycles. The summed E-state index contributed by atoms with van der Waals surface area (Å²) < 4.78 is 0. The van der Waals surface area contributed by atoms with Gasteiger partial charge in [-0.15, -0.1) is 0 Å². The number of carbonyl (C=O) groups is 1. The van der Waals surface area contributed by atoms with Crippen molar-refractivity contribution in [3.8, 4) is 0 Å². The van der Waals surface area contributed by atoms with Crippen LogP contribution in [0.25, 0.3) is 0 Å². The Bertz CT molecular complexity index is 616. The van der Waals surface area contributed by atoms with E-state index in [-0.39, 0.29) is 5.91 Å². The number of carbonyl (C=O) groups excluding carboxylic acids is 1. The molecule has 0 spiro atoms. The molecule has 22 heavy (non-hydrogen) atoms. The summed E-state index contributed by atoms with van der Waals surface area (Å²) in [7, 11) is 0. The molecule has 3 heteroatoms. The lowest BCUT2D eigenvalue weighted by Crippen LogP contribution is -2.17. The average Bonchev–Trinajstić information content (AvgIpc) is 2.54. The number of aryl methyl sites for hydroxylation is 1. The van der Waals surface area contributed by atoms with E-state index in [9.17, 15) is 4.79 Å². The van der Waals surface area contributed by atoms with Gasteiger partial charge in [-0.05, 0) is 29.0 Å². The van der Waals surface area contributed by atoms with Crippen LogP contribution in [0.5, 0.6) is 0 Å². The molecule has 2 rings (SSSR count). The summed E-state index contributed by atoms with van der Waals surface area (Å²) in [6, 6.07) is 18.2. The molecule has 2 aromatic carbocycles. The molecule has 3 nitrogen and oxygen atoms in total. The number of nitrogens with zero attached hydrogens (tertiary/aromatic N) is 1. The molecule has 2 aromatic rings. The molecule has 114 valence electrons. The second kappa shape index (κ2) is 8.13. The van der Waals surface area contributed by atoms with Crippen LogP contribution in [0, 0.1) is 0 Å². The molecule has 1 amide bonds. The minimum Gasteiger partial charge on any atom is -0.273 e. The Morgan fingerprint density at radius 2 is 1.77 bits per heavy atom. The topological polar surface area (TPSA) is 41.5 Å². The highest BCUT2D eigenvalue weighted by Gasteiger charge is 2.00. The third kappa shape index (κ3) is 5.17. The minimum atomic E-state index is -0.0705. The first kappa shape index (κ1) is 16.0. The first-order valence-electron chi connectivity index (χ1n) is 7.61. The number of benzene rings is 2. The molecular weight excluding hydrogens is 272 g/mol. The third-order valence-corrected chi connectivity index (χ3v) is 3.49. The van der Waals surface area contributed by atoms with Gasteiger partial charge in [0, 0.05) is 6.42 Å². The summed E-state index contributed by atoms with van der Waals surface area (Å²) in [5.41, 5.74) is 6.00. The van der Waals surface area contributed by atoms with E-state index in [1.807, 2.05) is 42.5 Å². The molecule has 0 aromatic heterocycles. The fraction of sp³-hybridized carbons (Fsp3) is 0.263. The molecule has 0 saturated carbocycles. The van der Waals surface area contributed by atoms with Crippen molar-refractivity contribution in [3.63, 3.8) is 0 Å². The lowest BCUT2D eigenvalue weighted by molar-refractivity contribution is -0.121. The van der Waals surface area contributed by atoms with Crippen molar-refractivity contribution < 1.29 is 4.79 Å². The molecular formula is C19H22N2O. The summed E-state index contributed by atoms with van der Waals surface area (Å²) in [5.74, 6) is 0.447. The van der Waals surface area contributed by atoms with Crippen LogP contribution >= 0.6 is 0 Å². The summed E-state index contributed by atoms with van der Waals surface area (Å²) in [6.45, 7) is 4.33. The number of nitrogens with one attached hydrogen (secondary N) is 1. The van der Waals surface area contributed by atoms with Crippen molar-refractivity contribution in [1.82, 2.24) is 5.43 Å². The van der Waals surface area contributed by atoms with Gasteiger partial charge >= 0.3 is 0 Å². The predicted octanol–water partition coefficient (Wildman–Crippen LogP) is 3.89. The molecule has 0 bridgehead atoms. The second-order valence-corrected chi connectivity index (χ2v) is 5.60. The summed E-state index contributed by atoms with van der Waals surface area (Å²) in [4.78, 5) is 11.7. The Labute approximate surface area is 132 Å². The van der Waals surface area contributed by atoms with Crippen LogP contribution in [0.3, 0.4) is 0 Å². The monoisotopic (exact) mass is 294 g/mol. The van der Waals surface area contributed by atoms with Gasteiger partial charge < -0.3 is 0 Å². The Morgan fingerprint density at radius 1 is 1.09 bits per heavy atom. The van der Waals surface area contributed by atoms with E-state index in [1.165, 1.54) is 5.56 Å². The van der Waals surface area contributed by atoms with Gasteiger partial charge in [-0.25, -0.2) is 5.43 Å². The third-order valence-electron chi connectivity index (χ3n) is 3.49. The van der Waals surface area contributed by atoms with Crippen LogP contribution in [-0.2, 0) is 11.2 Å². The van der Waals surface area contributed by atoms with Gasteiger partial charge in [0.25, 0.3) is 0 Å². The lowest BCUT2D eigenvalue weighted by Gasteiger charge is -2.04. The Hall–Kier alpha value is -2.42. The van der Waals surface area contributed by atoms with E-state index in [0.717, 1.165) is 17.5 Å². The zero-order valence-electron chi connectivity index (χ0n) is 13.1. The van der Waals surface area contributed by atoms with Crippen molar-refractivity contribution in [2.24, 2.45) is 5.10 Å². The van der Waals surface area contributed by atoms with Crippen molar-refractivity contribution in [2.45, 2.75) is 32.6 Å². The van der Waals surface area contributed by atoms with E-state index in [4.69, 9.17) is 0 Å². The van der Waals surface area contributed by atoms with Gasteiger partial charge in [0.1, 0.15) is 0 Å². The van der Waals surface area contributed by atoms with Crippen LogP contribution in [-0.4, -0.2) is 12.1 Å². The molecule has 0 atom stereocenters. The first-order chi connectivity index (χ1) is 10.6. The van der Waals surface area contributed by atoms with E-state index in [2.05, 4.69) is 36.5 Å². The standard InChI is InChI=1S/C19H22N2O/c1-15(2)18-11-8-17(9-12-18)14-20-21-19(22)13-10-16-6-4-3-5-7-16/h3-9,11-12,14-15H,10,13H2,1-2H3,(H,21,22)/b20-14-. The maximum Gasteiger partial charge on any atom is 0.240 e. The second-order valence-electron chi connectivity index (χ2n) is 5.60. The normalized spacial score (nSPS) is 11.0. The highest BCUT2D eigenvalue weighted by Crippen LogP contribution is 2.13. The van der Waals surface area contributed by atoms with Crippen LogP contribution in [0.1, 0.15) is 42.9 Å².